The van der Waals surface area contributed by atoms with Crippen LogP contribution in [0, 0.1) is 6.92 Å². The number of aryl methyl sites for hydroxylation is 1. The van der Waals surface area contributed by atoms with Crippen LogP contribution in [0.5, 0.6) is 5.75 Å². The molecule has 0 saturated heterocycles. The fraction of sp³-hybridized carbons (Fsp3) is 0.364. The molecule has 1 N–H and O–H groups in total. The lowest BCUT2D eigenvalue weighted by Gasteiger charge is -2.04. The first-order valence-electron chi connectivity index (χ1n) is 4.57. The third-order valence-electron chi connectivity index (χ3n) is 1.91. The molecule has 0 unspecified atom stereocenters. The summed E-state index contributed by atoms with van der Waals surface area (Å²) in [5.74, 6) is 0.00944. The molecule has 0 spiro atoms. The van der Waals surface area contributed by atoms with E-state index < -0.39 is 0 Å². The number of hydrogen-bond donors (Lipinski definition) is 1. The van der Waals surface area contributed by atoms with Gasteiger partial charge in [-0.05, 0) is 31.0 Å². The molecule has 0 aliphatic rings. The molecule has 1 rings (SSSR count). The van der Waals surface area contributed by atoms with Crippen LogP contribution in [0.4, 0.5) is 0 Å². The lowest BCUT2D eigenvalue weighted by molar-refractivity contribution is -0.142. The summed E-state index contributed by atoms with van der Waals surface area (Å²) < 4.78 is 4.81. The molecule has 3 nitrogen and oxygen atoms in total. The molecule has 14 heavy (non-hydrogen) atoms. The summed E-state index contributed by atoms with van der Waals surface area (Å²) in [6, 6.07) is 5.09. The Labute approximate surface area is 83.3 Å². The molecule has 0 bridgehead atoms. The van der Waals surface area contributed by atoms with E-state index in [-0.39, 0.29) is 18.1 Å². The smallest absolute Gasteiger partial charge is 0.310 e. The Morgan fingerprint density at radius 3 is 2.79 bits per heavy atom. The van der Waals surface area contributed by atoms with Crippen LogP contribution in [0.15, 0.2) is 18.2 Å². The summed E-state index contributed by atoms with van der Waals surface area (Å²) in [6.07, 6.45) is 0.259. The van der Waals surface area contributed by atoms with Gasteiger partial charge < -0.3 is 9.84 Å². The normalized spacial score (nSPS) is 9.86. The van der Waals surface area contributed by atoms with Crippen molar-refractivity contribution >= 4 is 5.97 Å². The molecule has 76 valence electrons. The van der Waals surface area contributed by atoms with E-state index in [4.69, 9.17) is 4.74 Å². The van der Waals surface area contributed by atoms with E-state index in [0.29, 0.717) is 6.61 Å². The minimum absolute atomic E-state index is 0.238. The molecule has 0 atom stereocenters. The number of esters is 1. The SMILES string of the molecule is CCOC(=O)Cc1ccc(O)c(C)c1. The first-order valence-corrected chi connectivity index (χ1v) is 4.57. The zero-order valence-corrected chi connectivity index (χ0v) is 8.41. The van der Waals surface area contributed by atoms with Gasteiger partial charge in [0.25, 0.3) is 0 Å². The van der Waals surface area contributed by atoms with E-state index in [1.165, 1.54) is 0 Å². The van der Waals surface area contributed by atoms with Crippen molar-refractivity contribution in [1.82, 2.24) is 0 Å². The number of aromatic hydroxyl groups is 1. The third-order valence-corrected chi connectivity index (χ3v) is 1.91. The summed E-state index contributed by atoms with van der Waals surface area (Å²) in [4.78, 5) is 11.1. The molecule has 0 amide bonds. The van der Waals surface area contributed by atoms with E-state index in [2.05, 4.69) is 0 Å². The molecule has 0 heterocycles. The summed E-state index contributed by atoms with van der Waals surface area (Å²) in [7, 11) is 0. The maximum Gasteiger partial charge on any atom is 0.310 e. The largest absolute Gasteiger partial charge is 0.508 e. The van der Waals surface area contributed by atoms with Gasteiger partial charge in [-0.1, -0.05) is 12.1 Å². The highest BCUT2D eigenvalue weighted by molar-refractivity contribution is 5.72. The average Bonchev–Trinajstić information content (AvgIpc) is 2.12. The first kappa shape index (κ1) is 10.6. The molecule has 0 saturated carbocycles. The Balaban J connectivity index is 2.68. The van der Waals surface area contributed by atoms with Gasteiger partial charge in [0, 0.05) is 0 Å². The zero-order valence-electron chi connectivity index (χ0n) is 8.41. The standard InChI is InChI=1S/C11H14O3/c1-3-14-11(13)7-9-4-5-10(12)8(2)6-9/h4-6,12H,3,7H2,1-2H3. The van der Waals surface area contributed by atoms with Gasteiger partial charge >= 0.3 is 5.97 Å². The monoisotopic (exact) mass is 194 g/mol. The third kappa shape index (κ3) is 2.76. The van der Waals surface area contributed by atoms with Crippen molar-refractivity contribution in [2.24, 2.45) is 0 Å². The Bertz CT molecular complexity index is 331. The molecular formula is C11H14O3. The minimum atomic E-state index is -0.238. The topological polar surface area (TPSA) is 46.5 Å². The fourth-order valence-electron chi connectivity index (χ4n) is 1.21. The van der Waals surface area contributed by atoms with Gasteiger partial charge in [0.05, 0.1) is 13.0 Å². The lowest BCUT2D eigenvalue weighted by atomic mass is 10.1. The van der Waals surface area contributed by atoms with E-state index in [9.17, 15) is 9.90 Å². The van der Waals surface area contributed by atoms with E-state index >= 15 is 0 Å². The molecule has 0 aliphatic carbocycles. The second-order valence-corrected chi connectivity index (χ2v) is 3.10. The summed E-state index contributed by atoms with van der Waals surface area (Å²) in [6.45, 7) is 3.97. The van der Waals surface area contributed by atoms with Crippen molar-refractivity contribution in [3.63, 3.8) is 0 Å². The van der Waals surface area contributed by atoms with Gasteiger partial charge in [0.2, 0.25) is 0 Å². The van der Waals surface area contributed by atoms with Crippen molar-refractivity contribution in [1.29, 1.82) is 0 Å². The summed E-state index contributed by atoms with van der Waals surface area (Å²) in [5.41, 5.74) is 1.63. The van der Waals surface area contributed by atoms with Crippen LogP contribution in [0.1, 0.15) is 18.1 Å². The Morgan fingerprint density at radius 2 is 2.21 bits per heavy atom. The van der Waals surface area contributed by atoms with Crippen LogP contribution in [-0.2, 0) is 16.0 Å². The van der Waals surface area contributed by atoms with Gasteiger partial charge in [-0.15, -0.1) is 0 Å². The Hall–Kier alpha value is -1.51. The molecule has 0 radical (unpaired) electrons. The first-order chi connectivity index (χ1) is 6.63. The summed E-state index contributed by atoms with van der Waals surface area (Å²) in [5, 5.41) is 9.27. The van der Waals surface area contributed by atoms with Gasteiger partial charge in [-0.3, -0.25) is 4.79 Å². The number of phenolic OH excluding ortho intramolecular Hbond substituents is 1. The number of benzene rings is 1. The second kappa shape index (κ2) is 4.65. The van der Waals surface area contributed by atoms with E-state index in [1.807, 2.05) is 0 Å². The number of ether oxygens (including phenoxy) is 1. The summed E-state index contributed by atoms with van der Waals surface area (Å²) >= 11 is 0. The van der Waals surface area contributed by atoms with Gasteiger partial charge in [-0.25, -0.2) is 0 Å². The fourth-order valence-corrected chi connectivity index (χ4v) is 1.21. The van der Waals surface area contributed by atoms with Gasteiger partial charge in [0.1, 0.15) is 5.75 Å². The predicted molar refractivity (Wildman–Crippen MR) is 53.2 cm³/mol. The minimum Gasteiger partial charge on any atom is -0.508 e. The molecular weight excluding hydrogens is 180 g/mol. The molecule has 0 fully saturated rings. The quantitative estimate of drug-likeness (QED) is 0.746. The number of phenols is 1. The lowest BCUT2D eigenvalue weighted by Crippen LogP contribution is -2.07. The van der Waals surface area contributed by atoms with Crippen LogP contribution in [0.25, 0.3) is 0 Å². The van der Waals surface area contributed by atoms with Crippen LogP contribution in [0.3, 0.4) is 0 Å². The number of rotatable bonds is 3. The molecule has 0 aliphatic heterocycles. The highest BCUT2D eigenvalue weighted by atomic mass is 16.5. The van der Waals surface area contributed by atoms with Crippen molar-refractivity contribution in [2.75, 3.05) is 6.61 Å². The Kier molecular flexibility index (Phi) is 3.51. The van der Waals surface area contributed by atoms with E-state index in [1.54, 1.807) is 32.0 Å². The van der Waals surface area contributed by atoms with Gasteiger partial charge in [-0.2, -0.15) is 0 Å². The Morgan fingerprint density at radius 1 is 1.50 bits per heavy atom. The average molecular weight is 194 g/mol. The van der Waals surface area contributed by atoms with E-state index in [0.717, 1.165) is 11.1 Å². The molecule has 1 aromatic carbocycles. The number of carbonyl (C=O) groups is 1. The van der Waals surface area contributed by atoms with Crippen LogP contribution >= 0.6 is 0 Å². The van der Waals surface area contributed by atoms with Crippen molar-refractivity contribution in [3.05, 3.63) is 29.3 Å². The van der Waals surface area contributed by atoms with Crippen molar-refractivity contribution < 1.29 is 14.6 Å². The number of hydrogen-bond acceptors (Lipinski definition) is 3. The highest BCUT2D eigenvalue weighted by Gasteiger charge is 2.05. The molecule has 0 aromatic heterocycles. The zero-order chi connectivity index (χ0) is 10.6. The highest BCUT2D eigenvalue weighted by Crippen LogP contribution is 2.17. The van der Waals surface area contributed by atoms with Crippen LogP contribution in [-0.4, -0.2) is 17.7 Å². The second-order valence-electron chi connectivity index (χ2n) is 3.10. The van der Waals surface area contributed by atoms with Crippen molar-refractivity contribution in [2.45, 2.75) is 20.3 Å². The maximum absolute atomic E-state index is 11.1. The van der Waals surface area contributed by atoms with Crippen molar-refractivity contribution in [3.8, 4) is 5.75 Å². The number of carbonyl (C=O) groups excluding carboxylic acids is 1. The van der Waals surface area contributed by atoms with Gasteiger partial charge in [0.15, 0.2) is 0 Å². The molecule has 1 aromatic rings. The maximum atomic E-state index is 11.1. The molecule has 3 heteroatoms. The van der Waals surface area contributed by atoms with Crippen LogP contribution < -0.4 is 0 Å². The van der Waals surface area contributed by atoms with Crippen LogP contribution in [0.2, 0.25) is 0 Å². The predicted octanol–water partition coefficient (Wildman–Crippen LogP) is 1.81.